The van der Waals surface area contributed by atoms with Gasteiger partial charge in [0.2, 0.25) is 0 Å². The highest BCUT2D eigenvalue weighted by molar-refractivity contribution is 5.42. The summed E-state index contributed by atoms with van der Waals surface area (Å²) < 4.78 is 0. The van der Waals surface area contributed by atoms with E-state index in [2.05, 4.69) is 31.2 Å². The molecule has 0 aliphatic heterocycles. The van der Waals surface area contributed by atoms with Crippen molar-refractivity contribution >= 4 is 5.69 Å². The largest absolute Gasteiger partial charge is 0.236 e. The molecule has 0 saturated heterocycles. The molecule has 2 N–H and O–H groups in total. The molecule has 1 rings (SSSR count). The van der Waals surface area contributed by atoms with E-state index in [1.54, 1.807) is 0 Å². The molecule has 0 aliphatic rings. The highest BCUT2D eigenvalue weighted by atomic mass is 17.2. The van der Waals surface area contributed by atoms with Crippen LogP contribution in [0.5, 0.6) is 0 Å². The number of hydrogen-bond donors (Lipinski definition) is 2. The molecule has 1 aromatic carbocycles. The number of benzene rings is 1. The molecule has 3 heteroatoms. The monoisotopic (exact) mass is 195 g/mol. The van der Waals surface area contributed by atoms with Gasteiger partial charge in [-0.3, -0.25) is 0 Å². The summed E-state index contributed by atoms with van der Waals surface area (Å²) in [5, 5.41) is 8.16. The van der Waals surface area contributed by atoms with Crippen LogP contribution in [0.15, 0.2) is 24.3 Å². The summed E-state index contributed by atoms with van der Waals surface area (Å²) in [5.41, 5.74) is 4.67. The van der Waals surface area contributed by atoms with Gasteiger partial charge in [0.1, 0.15) is 0 Å². The van der Waals surface area contributed by atoms with E-state index in [4.69, 9.17) is 5.26 Å². The molecular formula is C11H17NO2. The Morgan fingerprint density at radius 1 is 1.21 bits per heavy atom. The van der Waals surface area contributed by atoms with Crippen molar-refractivity contribution in [2.45, 2.75) is 27.2 Å². The first-order valence-corrected chi connectivity index (χ1v) is 4.67. The van der Waals surface area contributed by atoms with Crippen molar-refractivity contribution in [1.29, 1.82) is 0 Å². The fourth-order valence-corrected chi connectivity index (χ4v) is 1.36. The lowest BCUT2D eigenvalue weighted by molar-refractivity contribution is -0.215. The normalized spacial score (nSPS) is 11.4. The van der Waals surface area contributed by atoms with E-state index in [1.807, 2.05) is 24.3 Å². The molecule has 0 spiro atoms. The second-order valence-electron chi connectivity index (χ2n) is 4.63. The molecule has 0 aromatic heterocycles. The molecule has 0 fully saturated rings. The van der Waals surface area contributed by atoms with Gasteiger partial charge in [-0.15, -0.1) is 4.99 Å². The summed E-state index contributed by atoms with van der Waals surface area (Å²) >= 11 is 0. The molecule has 0 amide bonds. The van der Waals surface area contributed by atoms with Crippen molar-refractivity contribution < 1.29 is 10.2 Å². The first-order chi connectivity index (χ1) is 6.51. The number of hydrogen-bond acceptors (Lipinski definition) is 3. The molecule has 78 valence electrons. The van der Waals surface area contributed by atoms with E-state index in [0.717, 1.165) is 12.1 Å². The maximum atomic E-state index is 8.16. The van der Waals surface area contributed by atoms with Crippen LogP contribution in [0.3, 0.4) is 0 Å². The minimum Gasteiger partial charge on any atom is -0.236 e. The van der Waals surface area contributed by atoms with E-state index in [1.165, 1.54) is 5.56 Å². The molecule has 0 unspecified atom stereocenters. The van der Waals surface area contributed by atoms with E-state index >= 15 is 0 Å². The Hall–Kier alpha value is -1.06. The van der Waals surface area contributed by atoms with Gasteiger partial charge in [0.15, 0.2) is 0 Å². The van der Waals surface area contributed by atoms with Crippen LogP contribution in [-0.4, -0.2) is 5.26 Å². The van der Waals surface area contributed by atoms with Crippen LogP contribution in [0.2, 0.25) is 0 Å². The third-order valence-electron chi connectivity index (χ3n) is 1.85. The lowest BCUT2D eigenvalue weighted by atomic mass is 9.88. The molecule has 0 heterocycles. The first kappa shape index (κ1) is 11.0. The van der Waals surface area contributed by atoms with E-state index in [0.29, 0.717) is 5.41 Å². The van der Waals surface area contributed by atoms with Crippen molar-refractivity contribution in [3.63, 3.8) is 0 Å². The second-order valence-corrected chi connectivity index (χ2v) is 4.63. The van der Waals surface area contributed by atoms with Crippen LogP contribution in [-0.2, 0) is 11.4 Å². The average molecular weight is 195 g/mol. The Labute approximate surface area is 84.6 Å². The Bertz CT molecular complexity index is 274. The maximum absolute atomic E-state index is 8.16. The number of anilines is 1. The fourth-order valence-electron chi connectivity index (χ4n) is 1.36. The van der Waals surface area contributed by atoms with Gasteiger partial charge in [-0.1, -0.05) is 32.9 Å². The quantitative estimate of drug-likeness (QED) is 0.575. The molecule has 0 radical (unpaired) electrons. The average Bonchev–Trinajstić information content (AvgIpc) is 2.06. The van der Waals surface area contributed by atoms with E-state index in [9.17, 15) is 0 Å². The van der Waals surface area contributed by atoms with Gasteiger partial charge in [0, 0.05) is 0 Å². The van der Waals surface area contributed by atoms with Crippen LogP contribution in [0, 0.1) is 5.41 Å². The minimum atomic E-state index is 0.294. The van der Waals surface area contributed by atoms with Crippen molar-refractivity contribution in [2.75, 3.05) is 5.48 Å². The Morgan fingerprint density at radius 2 is 1.79 bits per heavy atom. The van der Waals surface area contributed by atoms with Crippen LogP contribution in [0.25, 0.3) is 0 Å². The molecule has 1 aromatic rings. The van der Waals surface area contributed by atoms with Crippen molar-refractivity contribution in [3.8, 4) is 0 Å². The lowest BCUT2D eigenvalue weighted by Crippen LogP contribution is -2.09. The minimum absolute atomic E-state index is 0.294. The third kappa shape index (κ3) is 3.77. The molecule has 14 heavy (non-hydrogen) atoms. The SMILES string of the molecule is CC(C)(C)Cc1ccc(NOO)cc1. The Morgan fingerprint density at radius 3 is 2.21 bits per heavy atom. The summed E-state index contributed by atoms with van der Waals surface area (Å²) in [4.78, 5) is 3.82. The van der Waals surface area contributed by atoms with Crippen LogP contribution in [0.1, 0.15) is 26.3 Å². The molecular weight excluding hydrogens is 178 g/mol. The lowest BCUT2D eigenvalue weighted by Gasteiger charge is -2.18. The first-order valence-electron chi connectivity index (χ1n) is 4.67. The highest BCUT2D eigenvalue weighted by Crippen LogP contribution is 2.21. The Kier molecular flexibility index (Phi) is 3.49. The zero-order valence-electron chi connectivity index (χ0n) is 8.87. The van der Waals surface area contributed by atoms with E-state index in [-0.39, 0.29) is 0 Å². The molecule has 0 aliphatic carbocycles. The van der Waals surface area contributed by atoms with Crippen molar-refractivity contribution in [3.05, 3.63) is 29.8 Å². The molecule has 0 bridgehead atoms. The molecule has 3 nitrogen and oxygen atoms in total. The third-order valence-corrected chi connectivity index (χ3v) is 1.85. The smallest absolute Gasteiger partial charge is 0.0634 e. The summed E-state index contributed by atoms with van der Waals surface area (Å²) in [7, 11) is 0. The number of rotatable bonds is 3. The zero-order chi connectivity index (χ0) is 10.6. The fraction of sp³-hybridized carbons (Fsp3) is 0.455. The number of nitrogens with one attached hydrogen (secondary N) is 1. The summed E-state index contributed by atoms with van der Waals surface area (Å²) in [6, 6.07) is 7.79. The van der Waals surface area contributed by atoms with Crippen molar-refractivity contribution in [2.24, 2.45) is 5.41 Å². The van der Waals surface area contributed by atoms with Gasteiger partial charge < -0.3 is 0 Å². The van der Waals surface area contributed by atoms with Gasteiger partial charge in [0.25, 0.3) is 0 Å². The predicted octanol–water partition coefficient (Wildman–Crippen LogP) is 3.09. The predicted molar refractivity (Wildman–Crippen MR) is 56.9 cm³/mol. The van der Waals surface area contributed by atoms with Gasteiger partial charge in [-0.2, -0.15) is 0 Å². The van der Waals surface area contributed by atoms with Gasteiger partial charge >= 0.3 is 0 Å². The Balaban J connectivity index is 2.64. The van der Waals surface area contributed by atoms with Crippen LogP contribution in [0.4, 0.5) is 5.69 Å². The van der Waals surface area contributed by atoms with Gasteiger partial charge in [-0.05, 0) is 29.5 Å². The van der Waals surface area contributed by atoms with Crippen LogP contribution >= 0.6 is 0 Å². The standard InChI is InChI=1S/C11H17NO2/c1-11(2,3)8-9-4-6-10(7-5-9)12-14-13/h4-7,12-13H,8H2,1-3H3. The van der Waals surface area contributed by atoms with Gasteiger partial charge in [0.05, 0.1) is 5.69 Å². The second kappa shape index (κ2) is 4.44. The molecule has 0 atom stereocenters. The summed E-state index contributed by atoms with van der Waals surface area (Å²) in [6.07, 6.45) is 1.03. The van der Waals surface area contributed by atoms with Crippen molar-refractivity contribution in [1.82, 2.24) is 0 Å². The maximum Gasteiger partial charge on any atom is 0.0634 e. The zero-order valence-corrected chi connectivity index (χ0v) is 8.87. The summed E-state index contributed by atoms with van der Waals surface area (Å²) in [6.45, 7) is 6.61. The highest BCUT2D eigenvalue weighted by Gasteiger charge is 2.10. The van der Waals surface area contributed by atoms with Crippen LogP contribution < -0.4 is 5.48 Å². The van der Waals surface area contributed by atoms with Gasteiger partial charge in [-0.25, -0.2) is 10.7 Å². The molecule has 0 saturated carbocycles. The topological polar surface area (TPSA) is 41.5 Å². The van der Waals surface area contributed by atoms with E-state index < -0.39 is 0 Å². The summed E-state index contributed by atoms with van der Waals surface area (Å²) in [5.74, 6) is 0.